The van der Waals surface area contributed by atoms with E-state index in [2.05, 4.69) is 5.32 Å². The van der Waals surface area contributed by atoms with Gasteiger partial charge in [-0.2, -0.15) is 0 Å². The van der Waals surface area contributed by atoms with E-state index in [0.717, 1.165) is 15.4 Å². The van der Waals surface area contributed by atoms with Crippen LogP contribution >= 0.6 is 11.6 Å². The number of nitrogens with zero attached hydrogens (tertiary/aromatic N) is 2. The van der Waals surface area contributed by atoms with Crippen molar-refractivity contribution in [3.05, 3.63) is 82.9 Å². The Morgan fingerprint density at radius 1 is 0.975 bits per heavy atom. The molecule has 0 aliphatic heterocycles. The van der Waals surface area contributed by atoms with Gasteiger partial charge in [0.25, 0.3) is 10.0 Å². The minimum atomic E-state index is -4.28. The van der Waals surface area contributed by atoms with Crippen LogP contribution in [0.4, 0.5) is 5.69 Å². The Hall–Kier alpha value is -3.76. The monoisotopic (exact) mass is 587 g/mol. The second-order valence-electron chi connectivity index (χ2n) is 9.05. The van der Waals surface area contributed by atoms with Crippen LogP contribution in [-0.4, -0.2) is 59.0 Å². The zero-order valence-corrected chi connectivity index (χ0v) is 24.8. The predicted molar refractivity (Wildman–Crippen MR) is 155 cm³/mol. The van der Waals surface area contributed by atoms with Gasteiger partial charge in [-0.3, -0.25) is 13.9 Å². The van der Waals surface area contributed by atoms with Crippen molar-refractivity contribution >= 4 is 39.1 Å². The first-order chi connectivity index (χ1) is 19.0. The quantitative estimate of drug-likeness (QED) is 0.336. The molecule has 1 N–H and O–H groups in total. The largest absolute Gasteiger partial charge is 0.493 e. The molecular formula is C29H34ClN3O6S. The molecule has 0 saturated heterocycles. The number of likely N-dealkylation sites (N-methyl/N-ethyl adjacent to an activating group) is 1. The first kappa shape index (κ1) is 30.8. The molecule has 0 bridgehead atoms. The maximum absolute atomic E-state index is 14.0. The van der Waals surface area contributed by atoms with Gasteiger partial charge in [-0.05, 0) is 55.3 Å². The molecule has 9 nitrogen and oxygen atoms in total. The van der Waals surface area contributed by atoms with Crippen LogP contribution in [0.15, 0.2) is 71.6 Å². The van der Waals surface area contributed by atoms with E-state index >= 15 is 0 Å². The maximum Gasteiger partial charge on any atom is 0.264 e. The van der Waals surface area contributed by atoms with Crippen molar-refractivity contribution in [2.24, 2.45) is 0 Å². The molecule has 3 aromatic carbocycles. The normalized spacial score (nSPS) is 11.8. The average molecular weight is 588 g/mol. The van der Waals surface area contributed by atoms with E-state index in [1.54, 1.807) is 19.1 Å². The van der Waals surface area contributed by atoms with E-state index in [-0.39, 0.29) is 28.8 Å². The third kappa shape index (κ3) is 7.05. The summed E-state index contributed by atoms with van der Waals surface area (Å²) in [6.45, 7) is 3.30. The third-order valence-electron chi connectivity index (χ3n) is 6.40. The average Bonchev–Trinajstić information content (AvgIpc) is 2.95. The molecule has 3 rings (SSSR count). The van der Waals surface area contributed by atoms with Crippen molar-refractivity contribution in [2.45, 2.75) is 37.8 Å². The summed E-state index contributed by atoms with van der Waals surface area (Å²) in [5, 5.41) is 3.02. The molecule has 0 spiro atoms. The van der Waals surface area contributed by atoms with Gasteiger partial charge in [-0.25, -0.2) is 8.42 Å². The fourth-order valence-corrected chi connectivity index (χ4v) is 5.89. The van der Waals surface area contributed by atoms with E-state index in [1.807, 2.05) is 31.2 Å². The Kier molecular flexibility index (Phi) is 10.4. The highest BCUT2D eigenvalue weighted by atomic mass is 35.5. The molecule has 0 fully saturated rings. The molecule has 2 amide bonds. The van der Waals surface area contributed by atoms with Gasteiger partial charge in [-0.1, -0.05) is 48.4 Å². The summed E-state index contributed by atoms with van der Waals surface area (Å²) in [6.07, 6.45) is 0.334. The van der Waals surface area contributed by atoms with Crippen molar-refractivity contribution in [2.75, 3.05) is 32.1 Å². The molecule has 0 saturated carbocycles. The Morgan fingerprint density at radius 3 is 2.23 bits per heavy atom. The van der Waals surface area contributed by atoms with E-state index in [1.165, 1.54) is 56.5 Å². The van der Waals surface area contributed by atoms with Crippen molar-refractivity contribution in [3.8, 4) is 11.5 Å². The van der Waals surface area contributed by atoms with Gasteiger partial charge < -0.3 is 19.7 Å². The number of anilines is 1. The Labute approximate surface area is 240 Å². The fraction of sp³-hybridized carbons (Fsp3) is 0.310. The number of benzene rings is 3. The van der Waals surface area contributed by atoms with Gasteiger partial charge in [0, 0.05) is 24.7 Å². The minimum Gasteiger partial charge on any atom is -0.493 e. The molecule has 0 aromatic heterocycles. The Morgan fingerprint density at radius 2 is 1.65 bits per heavy atom. The highest BCUT2D eigenvalue weighted by molar-refractivity contribution is 7.92. The van der Waals surface area contributed by atoms with Gasteiger partial charge in [0.05, 0.1) is 24.8 Å². The summed E-state index contributed by atoms with van der Waals surface area (Å²) in [5.74, 6) is -0.311. The number of hydrogen-bond donors (Lipinski definition) is 1. The van der Waals surface area contributed by atoms with Crippen LogP contribution in [0.3, 0.4) is 0 Å². The number of rotatable bonds is 12. The van der Waals surface area contributed by atoms with E-state index in [9.17, 15) is 18.0 Å². The zero-order valence-electron chi connectivity index (χ0n) is 23.2. The van der Waals surface area contributed by atoms with Crippen LogP contribution in [-0.2, 0) is 26.2 Å². The molecule has 40 heavy (non-hydrogen) atoms. The zero-order chi connectivity index (χ0) is 29.4. The SMILES string of the molecule is CC[C@H](C(=O)NC)N(Cc1cccc(C)c1)C(=O)CN(c1ccc(Cl)cc1)S(=O)(=O)c1ccc(OC)c(OC)c1. The first-order valence-electron chi connectivity index (χ1n) is 12.6. The van der Waals surface area contributed by atoms with Gasteiger partial charge in [0.1, 0.15) is 12.6 Å². The van der Waals surface area contributed by atoms with Crippen molar-refractivity contribution in [1.82, 2.24) is 10.2 Å². The number of halogens is 1. The van der Waals surface area contributed by atoms with Crippen molar-refractivity contribution < 1.29 is 27.5 Å². The van der Waals surface area contributed by atoms with Gasteiger partial charge in [0.2, 0.25) is 11.8 Å². The summed E-state index contributed by atoms with van der Waals surface area (Å²) in [4.78, 5) is 28.1. The van der Waals surface area contributed by atoms with Gasteiger partial charge >= 0.3 is 0 Å². The number of methoxy groups -OCH3 is 2. The van der Waals surface area contributed by atoms with E-state index in [0.29, 0.717) is 17.2 Å². The number of carbonyl (C=O) groups is 2. The Balaban J connectivity index is 2.09. The number of amides is 2. The Bertz CT molecular complexity index is 1450. The number of ether oxygens (including phenoxy) is 2. The predicted octanol–water partition coefficient (Wildman–Crippen LogP) is 4.41. The summed E-state index contributed by atoms with van der Waals surface area (Å²) in [6, 6.07) is 17.1. The highest BCUT2D eigenvalue weighted by Crippen LogP contribution is 2.32. The van der Waals surface area contributed by atoms with Crippen molar-refractivity contribution in [3.63, 3.8) is 0 Å². The summed E-state index contributed by atoms with van der Waals surface area (Å²) in [7, 11) is 0.0704. The molecule has 0 heterocycles. The maximum atomic E-state index is 14.0. The van der Waals surface area contributed by atoms with Crippen LogP contribution in [0.5, 0.6) is 11.5 Å². The minimum absolute atomic E-state index is 0.100. The second-order valence-corrected chi connectivity index (χ2v) is 11.4. The van der Waals surface area contributed by atoms with Crippen LogP contribution in [0, 0.1) is 6.92 Å². The lowest BCUT2D eigenvalue weighted by Crippen LogP contribution is -2.51. The number of carbonyl (C=O) groups excluding carboxylic acids is 2. The molecule has 1 atom stereocenters. The van der Waals surface area contributed by atoms with Crippen LogP contribution < -0.4 is 19.1 Å². The van der Waals surface area contributed by atoms with Crippen LogP contribution in [0.1, 0.15) is 24.5 Å². The van der Waals surface area contributed by atoms with Gasteiger partial charge in [-0.15, -0.1) is 0 Å². The van der Waals surface area contributed by atoms with E-state index < -0.39 is 28.5 Å². The van der Waals surface area contributed by atoms with Crippen LogP contribution in [0.25, 0.3) is 0 Å². The molecule has 0 aliphatic rings. The molecule has 214 valence electrons. The van der Waals surface area contributed by atoms with Crippen molar-refractivity contribution in [1.29, 1.82) is 0 Å². The molecule has 0 radical (unpaired) electrons. The number of nitrogens with one attached hydrogen (secondary N) is 1. The molecule has 0 unspecified atom stereocenters. The molecular weight excluding hydrogens is 554 g/mol. The number of sulfonamides is 1. The molecule has 0 aliphatic carbocycles. The number of hydrogen-bond acceptors (Lipinski definition) is 6. The number of aryl methyl sites for hydroxylation is 1. The summed E-state index contributed by atoms with van der Waals surface area (Å²) in [5.41, 5.74) is 2.05. The molecule has 3 aromatic rings. The lowest BCUT2D eigenvalue weighted by Gasteiger charge is -2.33. The van der Waals surface area contributed by atoms with E-state index in [4.69, 9.17) is 21.1 Å². The summed E-state index contributed by atoms with van der Waals surface area (Å²) >= 11 is 6.07. The second kappa shape index (κ2) is 13.5. The summed E-state index contributed by atoms with van der Waals surface area (Å²) < 4.78 is 39.6. The van der Waals surface area contributed by atoms with Crippen LogP contribution in [0.2, 0.25) is 5.02 Å². The smallest absolute Gasteiger partial charge is 0.264 e. The standard InChI is InChI=1S/C29H34ClN3O6S/c1-6-25(29(35)31-3)32(18-21-9-7-8-20(2)16-21)28(34)19-33(23-12-10-22(30)11-13-23)40(36,37)24-14-15-26(38-4)27(17-24)39-5/h7-17,25H,6,18-19H2,1-5H3,(H,31,35)/t25-/m1/s1. The highest BCUT2D eigenvalue weighted by Gasteiger charge is 2.33. The lowest BCUT2D eigenvalue weighted by atomic mass is 10.1. The third-order valence-corrected chi connectivity index (χ3v) is 8.43. The lowest BCUT2D eigenvalue weighted by molar-refractivity contribution is -0.140. The fourth-order valence-electron chi connectivity index (χ4n) is 4.33. The van der Waals surface area contributed by atoms with Gasteiger partial charge in [0.15, 0.2) is 11.5 Å². The molecule has 11 heteroatoms. The first-order valence-corrected chi connectivity index (χ1v) is 14.4. The topological polar surface area (TPSA) is 105 Å².